The van der Waals surface area contributed by atoms with Gasteiger partial charge < -0.3 is 14.2 Å². The number of allylic oxidation sites excluding steroid dienone is 22. The standard InChI is InChI=1S/C60H94O6/c1-4-7-10-13-16-19-22-25-27-29-30-31-33-35-38-41-44-47-50-53-59(62)65-56-57(55-64-58(61)52-49-46-43-40-37-34-24-21-18-15-12-9-6-3)66-60(63)54-51-48-45-42-39-36-32-28-26-23-20-17-14-11-8-5-2/h7-12,15-21,24-28,30-31,36,39,57H,4-6,13-14,22-23,29,32-35,37-38,40-56H2,1-3H3/b10-7+,11-8+,12-9+,18-15+,19-16+,20-17+,24-21+,27-25+,28-26+,31-30+,39-36+. The van der Waals surface area contributed by atoms with Crippen molar-refractivity contribution in [2.75, 3.05) is 13.2 Å². The van der Waals surface area contributed by atoms with Crippen LogP contribution < -0.4 is 0 Å². The van der Waals surface area contributed by atoms with Crippen LogP contribution in [0, 0.1) is 0 Å². The number of ether oxygens (including phenoxy) is 3. The highest BCUT2D eigenvalue weighted by atomic mass is 16.6. The summed E-state index contributed by atoms with van der Waals surface area (Å²) in [6.07, 6.45) is 74.3. The molecule has 6 heteroatoms. The normalized spacial score (nSPS) is 13.2. The molecule has 0 amide bonds. The molecule has 370 valence electrons. The van der Waals surface area contributed by atoms with E-state index in [0.29, 0.717) is 19.3 Å². The van der Waals surface area contributed by atoms with Gasteiger partial charge in [0.1, 0.15) is 13.2 Å². The minimum absolute atomic E-state index is 0.110. The molecule has 0 aromatic rings. The Hall–Kier alpha value is -4.45. The first kappa shape index (κ1) is 61.5. The van der Waals surface area contributed by atoms with Crippen LogP contribution in [0.2, 0.25) is 0 Å². The van der Waals surface area contributed by atoms with Crippen molar-refractivity contribution in [3.05, 3.63) is 134 Å². The largest absolute Gasteiger partial charge is 0.462 e. The van der Waals surface area contributed by atoms with Crippen molar-refractivity contribution in [3.8, 4) is 0 Å². The maximum atomic E-state index is 12.8. The first-order valence-electron chi connectivity index (χ1n) is 26.2. The smallest absolute Gasteiger partial charge is 0.306 e. The van der Waals surface area contributed by atoms with Gasteiger partial charge in [0.15, 0.2) is 6.10 Å². The van der Waals surface area contributed by atoms with Gasteiger partial charge in [-0.2, -0.15) is 0 Å². The average molecular weight is 911 g/mol. The average Bonchev–Trinajstić information content (AvgIpc) is 3.31. The third kappa shape index (κ3) is 50.5. The van der Waals surface area contributed by atoms with E-state index in [0.717, 1.165) is 148 Å². The SMILES string of the molecule is CC/C=C/C=C/C=C/CCCCCCCC(=O)OCC(COC(=O)CCCCCCCC/C=C/C/C=C/C/C=C/C/C=C/CC)OC(=O)CCCCC/C=C/C/C=C/C/C=C/C/C=C/CC. The molecule has 0 spiro atoms. The zero-order valence-corrected chi connectivity index (χ0v) is 42.1. The van der Waals surface area contributed by atoms with Gasteiger partial charge in [-0.3, -0.25) is 14.4 Å². The van der Waals surface area contributed by atoms with Crippen molar-refractivity contribution in [1.82, 2.24) is 0 Å². The first-order chi connectivity index (χ1) is 32.5. The molecule has 0 aliphatic carbocycles. The van der Waals surface area contributed by atoms with Crippen LogP contribution in [0.15, 0.2) is 134 Å². The predicted molar refractivity (Wildman–Crippen MR) is 283 cm³/mol. The van der Waals surface area contributed by atoms with Crippen LogP contribution in [0.1, 0.15) is 207 Å². The van der Waals surface area contributed by atoms with Gasteiger partial charge in [0, 0.05) is 19.3 Å². The molecule has 0 N–H and O–H groups in total. The van der Waals surface area contributed by atoms with Crippen LogP contribution in [-0.2, 0) is 28.6 Å². The zero-order chi connectivity index (χ0) is 47.9. The maximum Gasteiger partial charge on any atom is 0.306 e. The van der Waals surface area contributed by atoms with Crippen molar-refractivity contribution in [1.29, 1.82) is 0 Å². The summed E-state index contributed by atoms with van der Waals surface area (Å²) in [6, 6.07) is 0. The van der Waals surface area contributed by atoms with E-state index < -0.39 is 6.10 Å². The number of esters is 3. The molecule has 0 aromatic carbocycles. The van der Waals surface area contributed by atoms with Crippen LogP contribution >= 0.6 is 0 Å². The second-order valence-electron chi connectivity index (χ2n) is 16.7. The Bertz CT molecular complexity index is 1460. The van der Waals surface area contributed by atoms with Gasteiger partial charge in [0.25, 0.3) is 0 Å². The molecule has 0 radical (unpaired) electrons. The first-order valence-corrected chi connectivity index (χ1v) is 26.2. The van der Waals surface area contributed by atoms with Gasteiger partial charge in [0.2, 0.25) is 0 Å². The molecular weight excluding hydrogens is 817 g/mol. The number of carbonyl (C=O) groups is 3. The van der Waals surface area contributed by atoms with Gasteiger partial charge in [-0.05, 0) is 116 Å². The number of rotatable bonds is 45. The van der Waals surface area contributed by atoms with E-state index in [9.17, 15) is 14.4 Å². The van der Waals surface area contributed by atoms with E-state index >= 15 is 0 Å². The third-order valence-corrected chi connectivity index (χ3v) is 10.4. The molecule has 0 fully saturated rings. The lowest BCUT2D eigenvalue weighted by molar-refractivity contribution is -0.167. The Labute approximate surface area is 405 Å². The minimum Gasteiger partial charge on any atom is -0.462 e. The Morgan fingerprint density at radius 3 is 1.03 bits per heavy atom. The summed E-state index contributed by atoms with van der Waals surface area (Å²) < 4.78 is 16.8. The molecule has 0 aliphatic heterocycles. The van der Waals surface area contributed by atoms with Gasteiger partial charge in [-0.1, -0.05) is 206 Å². The van der Waals surface area contributed by atoms with Gasteiger partial charge >= 0.3 is 17.9 Å². The van der Waals surface area contributed by atoms with Gasteiger partial charge in [-0.25, -0.2) is 0 Å². The lowest BCUT2D eigenvalue weighted by Gasteiger charge is -2.18. The van der Waals surface area contributed by atoms with E-state index in [-0.39, 0.29) is 37.5 Å². The van der Waals surface area contributed by atoms with Crippen LogP contribution in [-0.4, -0.2) is 37.2 Å². The summed E-state index contributed by atoms with van der Waals surface area (Å²) in [5.74, 6) is -0.985. The molecule has 0 rings (SSSR count). The van der Waals surface area contributed by atoms with Gasteiger partial charge in [-0.15, -0.1) is 0 Å². The van der Waals surface area contributed by atoms with Crippen LogP contribution in [0.25, 0.3) is 0 Å². The van der Waals surface area contributed by atoms with E-state index in [2.05, 4.69) is 154 Å². The number of hydrogen-bond acceptors (Lipinski definition) is 6. The van der Waals surface area contributed by atoms with E-state index in [4.69, 9.17) is 14.2 Å². The Kier molecular flexibility index (Phi) is 49.6. The highest BCUT2D eigenvalue weighted by Gasteiger charge is 2.19. The summed E-state index contributed by atoms with van der Waals surface area (Å²) in [6.45, 7) is 6.20. The van der Waals surface area contributed by atoms with Crippen LogP contribution in [0.3, 0.4) is 0 Å². The van der Waals surface area contributed by atoms with Gasteiger partial charge in [0.05, 0.1) is 0 Å². The number of hydrogen-bond donors (Lipinski definition) is 0. The minimum atomic E-state index is -0.814. The van der Waals surface area contributed by atoms with Crippen molar-refractivity contribution in [3.63, 3.8) is 0 Å². The number of unbranched alkanes of at least 4 members (excludes halogenated alkanes) is 14. The molecule has 0 saturated carbocycles. The lowest BCUT2D eigenvalue weighted by atomic mass is 10.1. The van der Waals surface area contributed by atoms with Crippen LogP contribution in [0.4, 0.5) is 0 Å². The zero-order valence-electron chi connectivity index (χ0n) is 42.1. The second-order valence-corrected chi connectivity index (χ2v) is 16.7. The molecular formula is C60H94O6. The van der Waals surface area contributed by atoms with E-state index in [1.807, 2.05) is 0 Å². The Balaban J connectivity index is 4.51. The van der Waals surface area contributed by atoms with Crippen LogP contribution in [0.5, 0.6) is 0 Å². The molecule has 0 bridgehead atoms. The number of carbonyl (C=O) groups excluding carboxylic acids is 3. The highest BCUT2D eigenvalue weighted by Crippen LogP contribution is 2.13. The molecule has 0 saturated heterocycles. The molecule has 1 atom stereocenters. The fraction of sp³-hybridized carbons (Fsp3) is 0.583. The second kappa shape index (κ2) is 53.2. The quantitative estimate of drug-likeness (QED) is 0.0199. The topological polar surface area (TPSA) is 78.9 Å². The van der Waals surface area contributed by atoms with Crippen molar-refractivity contribution >= 4 is 17.9 Å². The Morgan fingerprint density at radius 2 is 0.621 bits per heavy atom. The molecule has 0 heterocycles. The van der Waals surface area contributed by atoms with Crippen molar-refractivity contribution < 1.29 is 28.6 Å². The summed E-state index contributed by atoms with van der Waals surface area (Å²) in [5.41, 5.74) is 0. The molecule has 1 unspecified atom stereocenters. The summed E-state index contributed by atoms with van der Waals surface area (Å²) >= 11 is 0. The van der Waals surface area contributed by atoms with Crippen molar-refractivity contribution in [2.24, 2.45) is 0 Å². The Morgan fingerprint density at radius 1 is 0.318 bits per heavy atom. The molecule has 6 nitrogen and oxygen atoms in total. The summed E-state index contributed by atoms with van der Waals surface area (Å²) in [4.78, 5) is 38.0. The summed E-state index contributed by atoms with van der Waals surface area (Å²) in [5, 5.41) is 0. The maximum absolute atomic E-state index is 12.8. The molecule has 66 heavy (non-hydrogen) atoms. The monoisotopic (exact) mass is 911 g/mol. The predicted octanol–water partition coefficient (Wildman–Crippen LogP) is 17.5. The fourth-order valence-corrected chi connectivity index (χ4v) is 6.60. The third-order valence-electron chi connectivity index (χ3n) is 10.4. The molecule has 0 aliphatic rings. The fourth-order valence-electron chi connectivity index (χ4n) is 6.60. The van der Waals surface area contributed by atoms with Crippen molar-refractivity contribution in [2.45, 2.75) is 213 Å². The molecule has 0 aromatic heterocycles. The summed E-state index contributed by atoms with van der Waals surface area (Å²) in [7, 11) is 0. The van der Waals surface area contributed by atoms with E-state index in [1.54, 1.807) is 0 Å². The lowest BCUT2D eigenvalue weighted by Crippen LogP contribution is -2.30. The van der Waals surface area contributed by atoms with E-state index in [1.165, 1.54) is 12.8 Å². The highest BCUT2D eigenvalue weighted by molar-refractivity contribution is 5.71.